The molecular formula is C5H10CuO. The average molecular weight is 150 g/mol. The standard InChI is InChI=1S/C5H10O.Cu/c1-5(2,3)4-6;/h4H,1-3H3;. The van der Waals surface area contributed by atoms with Crippen molar-refractivity contribution in [1.29, 1.82) is 0 Å². The molecule has 0 aliphatic heterocycles. The van der Waals surface area contributed by atoms with Crippen molar-refractivity contribution >= 4 is 6.29 Å². The van der Waals surface area contributed by atoms with Crippen LogP contribution in [0.15, 0.2) is 0 Å². The Labute approximate surface area is 55.0 Å². The normalized spacial score (nSPS) is 9.57. The molecule has 47 valence electrons. The van der Waals surface area contributed by atoms with E-state index in [1.54, 1.807) is 0 Å². The maximum absolute atomic E-state index is 9.83. The van der Waals surface area contributed by atoms with Crippen molar-refractivity contribution in [3.63, 3.8) is 0 Å². The van der Waals surface area contributed by atoms with E-state index in [-0.39, 0.29) is 22.5 Å². The van der Waals surface area contributed by atoms with E-state index in [1.165, 1.54) is 0 Å². The van der Waals surface area contributed by atoms with Gasteiger partial charge in [-0.3, -0.25) is 0 Å². The Balaban J connectivity index is 0. The average Bonchev–Trinajstić information content (AvgIpc) is 1.35. The van der Waals surface area contributed by atoms with Gasteiger partial charge in [-0.25, -0.2) is 0 Å². The Morgan fingerprint density at radius 3 is 1.43 bits per heavy atom. The second-order valence-electron chi connectivity index (χ2n) is 2.48. The summed E-state index contributed by atoms with van der Waals surface area (Å²) in [5.41, 5.74) is -0.139. The summed E-state index contributed by atoms with van der Waals surface area (Å²) in [6.07, 6.45) is 0.938. The Morgan fingerprint density at radius 2 is 1.43 bits per heavy atom. The molecule has 0 heterocycles. The van der Waals surface area contributed by atoms with Gasteiger partial charge in [0.25, 0.3) is 0 Å². The predicted octanol–water partition coefficient (Wildman–Crippen LogP) is 1.23. The Hall–Kier alpha value is 0.189. The van der Waals surface area contributed by atoms with E-state index >= 15 is 0 Å². The van der Waals surface area contributed by atoms with Crippen LogP contribution in [0.1, 0.15) is 20.8 Å². The van der Waals surface area contributed by atoms with Gasteiger partial charge in [0, 0.05) is 22.5 Å². The quantitative estimate of drug-likeness (QED) is 0.374. The third-order valence-electron chi connectivity index (χ3n) is 0.354. The first-order chi connectivity index (χ1) is 2.56. The van der Waals surface area contributed by atoms with Gasteiger partial charge in [0.2, 0.25) is 0 Å². The number of rotatable bonds is 0. The summed E-state index contributed by atoms with van der Waals surface area (Å²) in [6.45, 7) is 5.62. The Bertz CT molecular complexity index is 53.6. The summed E-state index contributed by atoms with van der Waals surface area (Å²) in [5.74, 6) is 0. The largest absolute Gasteiger partial charge is 0.303 e. The molecule has 0 unspecified atom stereocenters. The minimum Gasteiger partial charge on any atom is -0.303 e. The molecule has 0 saturated carbocycles. The van der Waals surface area contributed by atoms with Gasteiger partial charge >= 0.3 is 0 Å². The van der Waals surface area contributed by atoms with Crippen LogP contribution >= 0.6 is 0 Å². The number of aldehydes is 1. The zero-order valence-corrected chi connectivity index (χ0v) is 5.73. The molecule has 0 bridgehead atoms. The molecule has 0 aliphatic rings. The van der Waals surface area contributed by atoms with E-state index in [0.717, 1.165) is 6.29 Å². The molecule has 0 aromatic carbocycles. The SMILES string of the molecule is CC(C)(C)C=O.[Cu]. The molecule has 0 fully saturated rings. The van der Waals surface area contributed by atoms with Crippen LogP contribution in [0.5, 0.6) is 0 Å². The molecule has 0 aromatic rings. The second-order valence-corrected chi connectivity index (χ2v) is 2.48. The van der Waals surface area contributed by atoms with Crippen molar-refractivity contribution in [2.45, 2.75) is 20.8 Å². The molecule has 0 aromatic heterocycles. The van der Waals surface area contributed by atoms with E-state index in [4.69, 9.17) is 0 Å². The summed E-state index contributed by atoms with van der Waals surface area (Å²) in [5, 5.41) is 0. The molecule has 1 radical (unpaired) electrons. The molecule has 0 N–H and O–H groups in total. The van der Waals surface area contributed by atoms with Gasteiger partial charge in [-0.05, 0) is 0 Å². The van der Waals surface area contributed by atoms with Crippen LogP contribution in [0.25, 0.3) is 0 Å². The van der Waals surface area contributed by atoms with Crippen molar-refractivity contribution in [2.75, 3.05) is 0 Å². The second kappa shape index (κ2) is 3.22. The topological polar surface area (TPSA) is 17.1 Å². The first kappa shape index (κ1) is 10.2. The molecule has 0 rings (SSSR count). The first-order valence-corrected chi connectivity index (χ1v) is 2.02. The molecule has 7 heavy (non-hydrogen) atoms. The van der Waals surface area contributed by atoms with E-state index in [2.05, 4.69) is 0 Å². The van der Waals surface area contributed by atoms with Crippen molar-refractivity contribution < 1.29 is 21.9 Å². The van der Waals surface area contributed by atoms with Crippen molar-refractivity contribution in [3.05, 3.63) is 0 Å². The van der Waals surface area contributed by atoms with Crippen molar-refractivity contribution in [3.8, 4) is 0 Å². The van der Waals surface area contributed by atoms with E-state index < -0.39 is 0 Å². The number of hydrogen-bond donors (Lipinski definition) is 0. The van der Waals surface area contributed by atoms with E-state index in [9.17, 15) is 4.79 Å². The van der Waals surface area contributed by atoms with Crippen LogP contribution < -0.4 is 0 Å². The minimum atomic E-state index is -0.139. The summed E-state index contributed by atoms with van der Waals surface area (Å²) < 4.78 is 0. The molecule has 0 spiro atoms. The smallest absolute Gasteiger partial charge is 0.125 e. The monoisotopic (exact) mass is 149 g/mol. The third-order valence-corrected chi connectivity index (χ3v) is 0.354. The van der Waals surface area contributed by atoms with Gasteiger partial charge in [0.1, 0.15) is 6.29 Å². The molecule has 1 nitrogen and oxygen atoms in total. The van der Waals surface area contributed by atoms with Gasteiger partial charge < -0.3 is 4.79 Å². The first-order valence-electron chi connectivity index (χ1n) is 2.02. The van der Waals surface area contributed by atoms with Gasteiger partial charge in [-0.15, -0.1) is 0 Å². The van der Waals surface area contributed by atoms with Crippen molar-refractivity contribution in [2.24, 2.45) is 5.41 Å². The zero-order chi connectivity index (χ0) is 5.21. The zero-order valence-electron chi connectivity index (χ0n) is 4.79. The minimum absolute atomic E-state index is 0. The maximum Gasteiger partial charge on any atom is 0.125 e. The third kappa shape index (κ3) is 10.7. The summed E-state index contributed by atoms with van der Waals surface area (Å²) >= 11 is 0. The number of hydrogen-bond acceptors (Lipinski definition) is 1. The summed E-state index contributed by atoms with van der Waals surface area (Å²) in [4.78, 5) is 9.83. The van der Waals surface area contributed by atoms with Gasteiger partial charge in [0.05, 0.1) is 0 Å². The maximum atomic E-state index is 9.83. The Kier molecular flexibility index (Phi) is 4.71. The van der Waals surface area contributed by atoms with Crippen LogP contribution in [0.2, 0.25) is 0 Å². The van der Waals surface area contributed by atoms with E-state index in [1.807, 2.05) is 20.8 Å². The Morgan fingerprint density at radius 1 is 1.29 bits per heavy atom. The van der Waals surface area contributed by atoms with Crippen LogP contribution in [-0.4, -0.2) is 6.29 Å². The molecule has 0 aliphatic carbocycles. The fraction of sp³-hybridized carbons (Fsp3) is 0.800. The van der Waals surface area contributed by atoms with Crippen LogP contribution in [0, 0.1) is 5.41 Å². The van der Waals surface area contributed by atoms with Crippen LogP contribution in [0.4, 0.5) is 0 Å². The predicted molar refractivity (Wildman–Crippen MR) is 25.5 cm³/mol. The fourth-order valence-electron chi connectivity index (χ4n) is 0. The molecular weight excluding hydrogens is 140 g/mol. The van der Waals surface area contributed by atoms with E-state index in [0.29, 0.717) is 0 Å². The molecule has 2 heteroatoms. The van der Waals surface area contributed by atoms with Gasteiger partial charge in [0.15, 0.2) is 0 Å². The summed E-state index contributed by atoms with van der Waals surface area (Å²) in [7, 11) is 0. The molecule has 0 saturated heterocycles. The fourth-order valence-corrected chi connectivity index (χ4v) is 0. The molecule has 0 amide bonds. The van der Waals surface area contributed by atoms with Crippen LogP contribution in [0.3, 0.4) is 0 Å². The van der Waals surface area contributed by atoms with Gasteiger partial charge in [-0.1, -0.05) is 20.8 Å². The number of carbonyl (C=O) groups excluding carboxylic acids is 1. The van der Waals surface area contributed by atoms with Gasteiger partial charge in [-0.2, -0.15) is 0 Å². The van der Waals surface area contributed by atoms with Crippen LogP contribution in [-0.2, 0) is 21.9 Å². The summed E-state index contributed by atoms with van der Waals surface area (Å²) in [6, 6.07) is 0. The molecule has 0 atom stereocenters. The van der Waals surface area contributed by atoms with Crippen molar-refractivity contribution in [1.82, 2.24) is 0 Å². The number of carbonyl (C=O) groups is 1.